The highest BCUT2D eigenvalue weighted by Crippen LogP contribution is 2.42. The minimum absolute atomic E-state index is 0.0126. The molecule has 0 unspecified atom stereocenters. The second-order valence-corrected chi connectivity index (χ2v) is 4.36. The lowest BCUT2D eigenvalue weighted by molar-refractivity contribution is -0.129. The van der Waals surface area contributed by atoms with Crippen molar-refractivity contribution in [2.75, 3.05) is 0 Å². The molecule has 0 atom stereocenters. The van der Waals surface area contributed by atoms with E-state index in [0.29, 0.717) is 6.42 Å². The number of benzene rings is 2. The van der Waals surface area contributed by atoms with Gasteiger partial charge in [-0.05, 0) is 22.8 Å². The fourth-order valence-corrected chi connectivity index (χ4v) is 2.41. The van der Waals surface area contributed by atoms with Crippen molar-refractivity contribution < 1.29 is 13.9 Å². The summed E-state index contributed by atoms with van der Waals surface area (Å²) in [5.41, 5.74) is 3.81. The molecule has 3 heteroatoms. The number of hydrogen-bond donors (Lipinski definition) is 0. The number of carbonyl (C=O) groups excluding carboxylic acids is 1. The largest absolute Gasteiger partial charge is 0.420 e. The molecule has 0 aromatic heterocycles. The summed E-state index contributed by atoms with van der Waals surface area (Å²) in [6.07, 6.45) is 1.60. The SMILES string of the molecule is C=CC(=O)Oc1c(F)ccc2c1Cc1ccccc1-2. The van der Waals surface area contributed by atoms with Crippen LogP contribution in [0.5, 0.6) is 5.75 Å². The van der Waals surface area contributed by atoms with Crippen LogP contribution in [-0.2, 0) is 11.2 Å². The number of fused-ring (bicyclic) bond motifs is 3. The summed E-state index contributed by atoms with van der Waals surface area (Å²) in [5, 5.41) is 0. The van der Waals surface area contributed by atoms with E-state index in [4.69, 9.17) is 4.74 Å². The molecule has 0 radical (unpaired) electrons. The first-order valence-electron chi connectivity index (χ1n) is 5.94. The number of ether oxygens (including phenoxy) is 1. The van der Waals surface area contributed by atoms with Crippen LogP contribution in [0.2, 0.25) is 0 Å². The van der Waals surface area contributed by atoms with Gasteiger partial charge in [-0.25, -0.2) is 9.18 Å². The van der Waals surface area contributed by atoms with Gasteiger partial charge < -0.3 is 4.74 Å². The van der Waals surface area contributed by atoms with E-state index in [1.54, 1.807) is 6.07 Å². The molecule has 0 fully saturated rings. The zero-order valence-corrected chi connectivity index (χ0v) is 10.2. The van der Waals surface area contributed by atoms with Gasteiger partial charge in [-0.1, -0.05) is 36.9 Å². The van der Waals surface area contributed by atoms with Crippen molar-refractivity contribution in [1.82, 2.24) is 0 Å². The maximum atomic E-state index is 13.9. The molecule has 0 spiro atoms. The zero-order chi connectivity index (χ0) is 13.4. The van der Waals surface area contributed by atoms with Crippen molar-refractivity contribution in [3.05, 3.63) is 66.0 Å². The van der Waals surface area contributed by atoms with Gasteiger partial charge in [0.15, 0.2) is 11.6 Å². The summed E-state index contributed by atoms with van der Waals surface area (Å²) < 4.78 is 18.9. The summed E-state index contributed by atoms with van der Waals surface area (Å²) in [7, 11) is 0. The molecule has 0 heterocycles. The van der Waals surface area contributed by atoms with E-state index in [0.717, 1.165) is 28.3 Å². The highest BCUT2D eigenvalue weighted by atomic mass is 19.1. The summed E-state index contributed by atoms with van der Waals surface area (Å²) in [5.74, 6) is -1.16. The van der Waals surface area contributed by atoms with Crippen LogP contribution in [0.3, 0.4) is 0 Å². The molecule has 0 saturated heterocycles. The average molecular weight is 254 g/mol. The average Bonchev–Trinajstić information content (AvgIpc) is 2.80. The summed E-state index contributed by atoms with van der Waals surface area (Å²) in [6.45, 7) is 3.32. The molecule has 3 rings (SSSR count). The second-order valence-electron chi connectivity index (χ2n) is 4.36. The maximum absolute atomic E-state index is 13.9. The minimum Gasteiger partial charge on any atom is -0.420 e. The van der Waals surface area contributed by atoms with Crippen LogP contribution >= 0.6 is 0 Å². The number of halogens is 1. The number of rotatable bonds is 2. The lowest BCUT2D eigenvalue weighted by Gasteiger charge is -2.09. The van der Waals surface area contributed by atoms with Gasteiger partial charge >= 0.3 is 5.97 Å². The quantitative estimate of drug-likeness (QED) is 0.397. The third-order valence-electron chi connectivity index (χ3n) is 3.26. The van der Waals surface area contributed by atoms with E-state index in [2.05, 4.69) is 6.58 Å². The Labute approximate surface area is 110 Å². The third kappa shape index (κ3) is 1.83. The summed E-state index contributed by atoms with van der Waals surface area (Å²) >= 11 is 0. The van der Waals surface area contributed by atoms with Gasteiger partial charge in [0, 0.05) is 18.1 Å². The molecule has 0 amide bonds. The van der Waals surface area contributed by atoms with E-state index >= 15 is 0 Å². The van der Waals surface area contributed by atoms with Crippen LogP contribution in [0.1, 0.15) is 11.1 Å². The Hall–Kier alpha value is -2.42. The van der Waals surface area contributed by atoms with E-state index in [1.165, 1.54) is 6.07 Å². The first-order chi connectivity index (χ1) is 9.20. The molecule has 1 aliphatic rings. The van der Waals surface area contributed by atoms with Crippen LogP contribution in [0.15, 0.2) is 49.1 Å². The van der Waals surface area contributed by atoms with Gasteiger partial charge in [-0.15, -0.1) is 0 Å². The predicted octanol–water partition coefficient (Wildman–Crippen LogP) is 3.49. The van der Waals surface area contributed by atoms with Crippen molar-refractivity contribution >= 4 is 5.97 Å². The lowest BCUT2D eigenvalue weighted by Crippen LogP contribution is -2.07. The summed E-state index contributed by atoms with van der Waals surface area (Å²) in [4.78, 5) is 11.3. The zero-order valence-electron chi connectivity index (χ0n) is 10.2. The first kappa shape index (κ1) is 11.7. The highest BCUT2D eigenvalue weighted by molar-refractivity contribution is 5.85. The van der Waals surface area contributed by atoms with E-state index in [1.807, 2.05) is 24.3 Å². The van der Waals surface area contributed by atoms with E-state index in [9.17, 15) is 9.18 Å². The molecule has 2 aromatic rings. The molecule has 0 aliphatic heterocycles. The van der Waals surface area contributed by atoms with E-state index < -0.39 is 11.8 Å². The van der Waals surface area contributed by atoms with Crippen molar-refractivity contribution in [2.45, 2.75) is 6.42 Å². The van der Waals surface area contributed by atoms with Gasteiger partial charge in [-0.3, -0.25) is 0 Å². The number of hydrogen-bond acceptors (Lipinski definition) is 2. The fourth-order valence-electron chi connectivity index (χ4n) is 2.41. The molecule has 2 aromatic carbocycles. The monoisotopic (exact) mass is 254 g/mol. The third-order valence-corrected chi connectivity index (χ3v) is 3.26. The molecule has 1 aliphatic carbocycles. The topological polar surface area (TPSA) is 26.3 Å². The van der Waals surface area contributed by atoms with Crippen LogP contribution in [0.4, 0.5) is 4.39 Å². The van der Waals surface area contributed by atoms with Crippen LogP contribution in [0.25, 0.3) is 11.1 Å². The van der Waals surface area contributed by atoms with Gasteiger partial charge in [0.1, 0.15) is 0 Å². The van der Waals surface area contributed by atoms with Gasteiger partial charge in [0.25, 0.3) is 0 Å². The van der Waals surface area contributed by atoms with Gasteiger partial charge in [0.05, 0.1) is 0 Å². The van der Waals surface area contributed by atoms with Crippen molar-refractivity contribution in [1.29, 1.82) is 0 Å². The van der Waals surface area contributed by atoms with E-state index in [-0.39, 0.29) is 5.75 Å². The maximum Gasteiger partial charge on any atom is 0.335 e. The molecule has 19 heavy (non-hydrogen) atoms. The molecule has 2 nitrogen and oxygen atoms in total. The Balaban J connectivity index is 2.14. The molecule has 94 valence electrons. The highest BCUT2D eigenvalue weighted by Gasteiger charge is 2.24. The normalized spacial score (nSPS) is 11.6. The van der Waals surface area contributed by atoms with Crippen molar-refractivity contribution in [3.8, 4) is 16.9 Å². The Morgan fingerprint density at radius 1 is 1.21 bits per heavy atom. The molecular formula is C16H11FO2. The molecule has 0 N–H and O–H groups in total. The van der Waals surface area contributed by atoms with Gasteiger partial charge in [-0.2, -0.15) is 0 Å². The number of esters is 1. The second kappa shape index (κ2) is 4.35. The fraction of sp³-hybridized carbons (Fsp3) is 0.0625. The predicted molar refractivity (Wildman–Crippen MR) is 70.5 cm³/mol. The lowest BCUT2D eigenvalue weighted by atomic mass is 10.1. The smallest absolute Gasteiger partial charge is 0.335 e. The Bertz CT molecular complexity index is 689. The van der Waals surface area contributed by atoms with Crippen molar-refractivity contribution in [3.63, 3.8) is 0 Å². The Morgan fingerprint density at radius 2 is 2.00 bits per heavy atom. The first-order valence-corrected chi connectivity index (χ1v) is 5.94. The van der Waals surface area contributed by atoms with Crippen LogP contribution < -0.4 is 4.74 Å². The van der Waals surface area contributed by atoms with Crippen LogP contribution in [-0.4, -0.2) is 5.97 Å². The standard InChI is InChI=1S/C16H11FO2/c1-2-15(18)19-16-13-9-10-5-3-4-6-11(10)12(13)7-8-14(16)17/h2-8H,1,9H2. The Morgan fingerprint density at radius 3 is 2.79 bits per heavy atom. The summed E-state index contributed by atoms with van der Waals surface area (Å²) in [6, 6.07) is 10.9. The minimum atomic E-state index is -0.650. The van der Waals surface area contributed by atoms with Crippen LogP contribution in [0, 0.1) is 5.82 Å². The molecule has 0 bridgehead atoms. The van der Waals surface area contributed by atoms with Gasteiger partial charge in [0.2, 0.25) is 0 Å². The van der Waals surface area contributed by atoms with Crippen molar-refractivity contribution in [2.24, 2.45) is 0 Å². The Kier molecular flexibility index (Phi) is 2.67. The number of carbonyl (C=O) groups is 1. The molecular weight excluding hydrogens is 243 g/mol. The molecule has 0 saturated carbocycles.